The van der Waals surface area contributed by atoms with Gasteiger partial charge in [0.25, 0.3) is 0 Å². The predicted molar refractivity (Wildman–Crippen MR) is 127 cm³/mol. The van der Waals surface area contributed by atoms with Crippen LogP contribution in [0.15, 0.2) is 54.9 Å². The van der Waals surface area contributed by atoms with E-state index in [2.05, 4.69) is 26.7 Å². The van der Waals surface area contributed by atoms with Crippen LogP contribution in [0.25, 0.3) is 5.82 Å². The first-order valence-corrected chi connectivity index (χ1v) is 11.4. The standard InChI is InChI=1S/C25H29N7O/c26-16-19-8-10-20(11-9-19)17-28-24(33)21(14-18-6-2-1-3-7-18)29-22-15-23(31-25(27)30-22)32-12-4-5-13-32/h4-5,8-13,15,18,21H,1-3,6-7,14,17H2,(H,28,33)(H3,27,29,30,31)/t21-/m1/s1. The Bertz CT molecular complexity index is 1100. The third-order valence-corrected chi connectivity index (χ3v) is 6.08. The molecule has 1 fully saturated rings. The van der Waals surface area contributed by atoms with E-state index in [0.29, 0.717) is 29.7 Å². The molecule has 0 unspecified atom stereocenters. The number of carbonyl (C=O) groups is 1. The summed E-state index contributed by atoms with van der Waals surface area (Å²) < 4.78 is 1.85. The minimum Gasteiger partial charge on any atom is -0.368 e. The molecular weight excluding hydrogens is 414 g/mol. The summed E-state index contributed by atoms with van der Waals surface area (Å²) in [5, 5.41) is 15.3. The Morgan fingerprint density at radius 2 is 1.88 bits per heavy atom. The molecule has 2 aromatic heterocycles. The van der Waals surface area contributed by atoms with Crippen LogP contribution in [0.3, 0.4) is 0 Å². The number of hydrogen-bond donors (Lipinski definition) is 3. The third-order valence-electron chi connectivity index (χ3n) is 6.08. The highest BCUT2D eigenvalue weighted by Crippen LogP contribution is 2.28. The van der Waals surface area contributed by atoms with Gasteiger partial charge in [0.05, 0.1) is 11.6 Å². The molecule has 0 saturated heterocycles. The van der Waals surface area contributed by atoms with Crippen molar-refractivity contribution in [3.8, 4) is 11.9 Å². The molecule has 4 N–H and O–H groups in total. The second kappa shape index (κ2) is 10.6. The maximum absolute atomic E-state index is 13.2. The molecule has 8 heteroatoms. The molecule has 33 heavy (non-hydrogen) atoms. The number of rotatable bonds is 8. The predicted octanol–water partition coefficient (Wildman–Crippen LogP) is 3.79. The quantitative estimate of drug-likeness (QED) is 0.487. The Kier molecular flexibility index (Phi) is 7.20. The van der Waals surface area contributed by atoms with Crippen LogP contribution < -0.4 is 16.4 Å². The summed E-state index contributed by atoms with van der Waals surface area (Å²) in [6.45, 7) is 0.397. The summed E-state index contributed by atoms with van der Waals surface area (Å²) in [6, 6.07) is 14.5. The molecule has 1 saturated carbocycles. The van der Waals surface area contributed by atoms with Crippen LogP contribution in [-0.4, -0.2) is 26.5 Å². The van der Waals surface area contributed by atoms with E-state index in [-0.39, 0.29) is 11.9 Å². The summed E-state index contributed by atoms with van der Waals surface area (Å²) in [7, 11) is 0. The Balaban J connectivity index is 1.49. The van der Waals surface area contributed by atoms with Gasteiger partial charge in [-0.3, -0.25) is 4.79 Å². The number of nitrogen functional groups attached to an aromatic ring is 1. The molecule has 1 amide bonds. The molecule has 0 bridgehead atoms. The van der Waals surface area contributed by atoms with E-state index in [4.69, 9.17) is 11.0 Å². The van der Waals surface area contributed by atoms with E-state index in [1.807, 2.05) is 41.2 Å². The second-order valence-electron chi connectivity index (χ2n) is 8.52. The van der Waals surface area contributed by atoms with Gasteiger partial charge in [0.2, 0.25) is 11.9 Å². The lowest BCUT2D eigenvalue weighted by molar-refractivity contribution is -0.122. The van der Waals surface area contributed by atoms with Crippen molar-refractivity contribution in [1.29, 1.82) is 5.26 Å². The molecular formula is C25H29N7O. The van der Waals surface area contributed by atoms with Gasteiger partial charge in [0.1, 0.15) is 17.7 Å². The van der Waals surface area contributed by atoms with Crippen LogP contribution in [0.1, 0.15) is 49.7 Å². The Labute approximate surface area is 193 Å². The van der Waals surface area contributed by atoms with Gasteiger partial charge in [-0.1, -0.05) is 44.2 Å². The monoisotopic (exact) mass is 443 g/mol. The summed E-state index contributed by atoms with van der Waals surface area (Å²) >= 11 is 0. The second-order valence-corrected chi connectivity index (χ2v) is 8.52. The lowest BCUT2D eigenvalue weighted by Crippen LogP contribution is -2.41. The van der Waals surface area contributed by atoms with Crippen molar-refractivity contribution < 1.29 is 4.79 Å². The fraction of sp³-hybridized carbons (Fsp3) is 0.360. The van der Waals surface area contributed by atoms with Crippen molar-refractivity contribution in [3.63, 3.8) is 0 Å². The Morgan fingerprint density at radius 1 is 1.15 bits per heavy atom. The van der Waals surface area contributed by atoms with E-state index in [1.54, 1.807) is 18.2 Å². The van der Waals surface area contributed by atoms with Gasteiger partial charge in [-0.2, -0.15) is 15.2 Å². The summed E-state index contributed by atoms with van der Waals surface area (Å²) in [5.74, 6) is 1.74. The number of nitrogens with two attached hydrogens (primary N) is 1. The molecule has 170 valence electrons. The van der Waals surface area contributed by atoms with Crippen molar-refractivity contribution in [2.24, 2.45) is 5.92 Å². The van der Waals surface area contributed by atoms with Crippen LogP contribution >= 0.6 is 0 Å². The average molecular weight is 444 g/mol. The summed E-state index contributed by atoms with van der Waals surface area (Å²) in [6.07, 6.45) is 10.5. The number of anilines is 2. The van der Waals surface area contributed by atoms with E-state index in [9.17, 15) is 4.79 Å². The summed E-state index contributed by atoms with van der Waals surface area (Å²) in [5.41, 5.74) is 7.50. The van der Waals surface area contributed by atoms with E-state index < -0.39 is 6.04 Å². The van der Waals surface area contributed by atoms with Gasteiger partial charge in [-0.05, 0) is 42.2 Å². The SMILES string of the molecule is N#Cc1ccc(CNC(=O)[C@@H](CC2CCCCC2)Nc2cc(-n3cccc3)nc(N)n2)cc1. The third kappa shape index (κ3) is 6.10. The summed E-state index contributed by atoms with van der Waals surface area (Å²) in [4.78, 5) is 21.8. The first kappa shape index (κ1) is 22.3. The topological polar surface area (TPSA) is 122 Å². The molecule has 0 aliphatic heterocycles. The van der Waals surface area contributed by atoms with Crippen molar-refractivity contribution in [2.75, 3.05) is 11.1 Å². The molecule has 2 heterocycles. The van der Waals surface area contributed by atoms with Gasteiger partial charge in [-0.25, -0.2) is 0 Å². The number of hydrogen-bond acceptors (Lipinski definition) is 6. The largest absolute Gasteiger partial charge is 0.368 e. The molecule has 3 aromatic rings. The zero-order valence-corrected chi connectivity index (χ0v) is 18.6. The Morgan fingerprint density at radius 3 is 2.58 bits per heavy atom. The van der Waals surface area contributed by atoms with Crippen LogP contribution in [0.5, 0.6) is 0 Å². The van der Waals surface area contributed by atoms with E-state index >= 15 is 0 Å². The number of nitrogens with zero attached hydrogens (tertiary/aromatic N) is 4. The van der Waals surface area contributed by atoms with E-state index in [0.717, 1.165) is 24.8 Å². The maximum atomic E-state index is 13.2. The molecule has 1 atom stereocenters. The first-order chi connectivity index (χ1) is 16.1. The fourth-order valence-corrected chi connectivity index (χ4v) is 4.32. The van der Waals surface area contributed by atoms with Gasteiger partial charge < -0.3 is 20.9 Å². The number of aromatic nitrogens is 3. The van der Waals surface area contributed by atoms with Crippen molar-refractivity contribution in [2.45, 2.75) is 51.1 Å². The van der Waals surface area contributed by atoms with Gasteiger partial charge >= 0.3 is 0 Å². The number of carbonyl (C=O) groups excluding carboxylic acids is 1. The smallest absolute Gasteiger partial charge is 0.242 e. The normalized spacial score (nSPS) is 14.9. The highest BCUT2D eigenvalue weighted by molar-refractivity contribution is 5.84. The molecule has 1 aliphatic carbocycles. The van der Waals surface area contributed by atoms with Crippen LogP contribution in [0.2, 0.25) is 0 Å². The zero-order valence-electron chi connectivity index (χ0n) is 18.6. The number of benzene rings is 1. The zero-order chi connectivity index (χ0) is 23.0. The molecule has 4 rings (SSSR count). The minimum atomic E-state index is -0.432. The van der Waals surface area contributed by atoms with Crippen molar-refractivity contribution >= 4 is 17.7 Å². The van der Waals surface area contributed by atoms with Crippen LogP contribution in [0, 0.1) is 17.2 Å². The Hall–Kier alpha value is -3.86. The van der Waals surface area contributed by atoms with Crippen LogP contribution in [0.4, 0.5) is 11.8 Å². The van der Waals surface area contributed by atoms with Gasteiger partial charge in [0.15, 0.2) is 0 Å². The lowest BCUT2D eigenvalue weighted by atomic mass is 9.84. The highest BCUT2D eigenvalue weighted by atomic mass is 16.2. The maximum Gasteiger partial charge on any atom is 0.242 e. The molecule has 1 aliphatic rings. The van der Waals surface area contributed by atoms with Gasteiger partial charge in [0, 0.05) is 25.0 Å². The molecule has 0 radical (unpaired) electrons. The lowest BCUT2D eigenvalue weighted by Gasteiger charge is -2.27. The highest BCUT2D eigenvalue weighted by Gasteiger charge is 2.25. The number of nitriles is 1. The number of nitrogens with one attached hydrogen (secondary N) is 2. The van der Waals surface area contributed by atoms with E-state index in [1.165, 1.54) is 19.3 Å². The molecule has 0 spiro atoms. The van der Waals surface area contributed by atoms with Gasteiger partial charge in [-0.15, -0.1) is 0 Å². The average Bonchev–Trinajstić information content (AvgIpc) is 3.38. The number of amides is 1. The van der Waals surface area contributed by atoms with Crippen molar-refractivity contribution in [3.05, 3.63) is 66.0 Å². The van der Waals surface area contributed by atoms with Crippen molar-refractivity contribution in [1.82, 2.24) is 19.9 Å². The molecule has 8 nitrogen and oxygen atoms in total. The fourth-order valence-electron chi connectivity index (χ4n) is 4.32. The first-order valence-electron chi connectivity index (χ1n) is 11.4. The van der Waals surface area contributed by atoms with Crippen LogP contribution in [-0.2, 0) is 11.3 Å². The molecule has 1 aromatic carbocycles. The minimum absolute atomic E-state index is 0.0790.